The van der Waals surface area contributed by atoms with Crippen molar-refractivity contribution in [1.82, 2.24) is 19.8 Å². The standard InChI is InChI=1S/C32H37N4/c1-3-4-20-30-25-26(2)34-31(35-30)36(23-21-33-22-24-36)32(27-14-8-5-9-15-27,28-16-10-6-11-17-28)29-18-12-7-13-19-29/h5-19,25,33H,3-4,20-24H2,1-2H3/q+1. The Kier molecular flexibility index (Phi) is 7.26. The van der Waals surface area contributed by atoms with E-state index in [2.05, 4.69) is 116 Å². The Hall–Kier alpha value is -3.34. The first kappa shape index (κ1) is 24.4. The summed E-state index contributed by atoms with van der Waals surface area (Å²) in [5, 5.41) is 3.63. The summed E-state index contributed by atoms with van der Waals surface area (Å²) in [6.07, 6.45) is 3.28. The van der Waals surface area contributed by atoms with Crippen LogP contribution in [-0.2, 0) is 12.0 Å². The Labute approximate surface area is 215 Å². The summed E-state index contributed by atoms with van der Waals surface area (Å²) >= 11 is 0. The smallest absolute Gasteiger partial charge is 0.306 e. The minimum Gasteiger partial charge on any atom is -0.306 e. The average Bonchev–Trinajstić information content (AvgIpc) is 2.94. The molecule has 0 amide bonds. The fourth-order valence-electron chi connectivity index (χ4n) is 6.04. The molecular formula is C32H37N4+. The molecule has 0 saturated carbocycles. The Balaban J connectivity index is 1.89. The molecule has 2 heterocycles. The molecule has 4 nitrogen and oxygen atoms in total. The van der Waals surface area contributed by atoms with Gasteiger partial charge in [-0.15, -0.1) is 0 Å². The van der Waals surface area contributed by atoms with E-state index in [1.165, 1.54) is 16.7 Å². The van der Waals surface area contributed by atoms with Crippen LogP contribution in [0.4, 0.5) is 5.95 Å². The van der Waals surface area contributed by atoms with Crippen molar-refractivity contribution < 1.29 is 0 Å². The molecule has 0 bridgehead atoms. The molecule has 4 aromatic rings. The normalized spacial score (nSPS) is 15.5. The number of piperazine rings is 1. The molecule has 36 heavy (non-hydrogen) atoms. The van der Waals surface area contributed by atoms with Crippen molar-refractivity contribution in [1.29, 1.82) is 0 Å². The van der Waals surface area contributed by atoms with Crippen molar-refractivity contribution in [3.05, 3.63) is 125 Å². The van der Waals surface area contributed by atoms with Gasteiger partial charge >= 0.3 is 5.95 Å². The molecule has 0 spiro atoms. The van der Waals surface area contributed by atoms with Crippen molar-refractivity contribution in [2.75, 3.05) is 26.2 Å². The summed E-state index contributed by atoms with van der Waals surface area (Å²) in [5.74, 6) is 0.930. The molecule has 184 valence electrons. The fraction of sp³-hybridized carbons (Fsp3) is 0.312. The number of aryl methyl sites for hydroxylation is 2. The first-order valence-corrected chi connectivity index (χ1v) is 13.3. The molecule has 4 heteroatoms. The lowest BCUT2D eigenvalue weighted by atomic mass is 9.73. The van der Waals surface area contributed by atoms with E-state index >= 15 is 0 Å². The van der Waals surface area contributed by atoms with Gasteiger partial charge in [0.1, 0.15) is 0 Å². The van der Waals surface area contributed by atoms with E-state index < -0.39 is 5.54 Å². The van der Waals surface area contributed by atoms with Crippen molar-refractivity contribution in [2.45, 2.75) is 38.6 Å². The maximum absolute atomic E-state index is 5.34. The van der Waals surface area contributed by atoms with E-state index in [4.69, 9.17) is 9.97 Å². The lowest BCUT2D eigenvalue weighted by molar-refractivity contribution is 0.130. The zero-order chi connectivity index (χ0) is 24.8. The van der Waals surface area contributed by atoms with Gasteiger partial charge in [0, 0.05) is 35.5 Å². The van der Waals surface area contributed by atoms with Gasteiger partial charge in [-0.25, -0.2) is 4.48 Å². The van der Waals surface area contributed by atoms with Gasteiger partial charge in [-0.05, 0) is 25.8 Å². The van der Waals surface area contributed by atoms with Gasteiger partial charge < -0.3 is 5.32 Å². The Morgan fingerprint density at radius 3 is 1.72 bits per heavy atom. The summed E-state index contributed by atoms with van der Waals surface area (Å²) < 4.78 is 0.652. The molecule has 1 aliphatic heterocycles. The SMILES string of the molecule is CCCCc1cc(C)nc([N+]2(C(c3ccccc3)(c3ccccc3)c3ccccc3)CCNCC2)n1. The maximum Gasteiger partial charge on any atom is 0.330 e. The second-order valence-corrected chi connectivity index (χ2v) is 9.88. The highest BCUT2D eigenvalue weighted by Crippen LogP contribution is 2.49. The number of benzene rings is 3. The number of aromatic nitrogens is 2. The zero-order valence-corrected chi connectivity index (χ0v) is 21.5. The van der Waals surface area contributed by atoms with Crippen molar-refractivity contribution >= 4 is 5.95 Å². The van der Waals surface area contributed by atoms with E-state index in [9.17, 15) is 0 Å². The van der Waals surface area contributed by atoms with Crippen LogP contribution in [0.1, 0.15) is 47.8 Å². The van der Waals surface area contributed by atoms with Crippen LogP contribution in [-0.4, -0.2) is 36.1 Å². The van der Waals surface area contributed by atoms with Gasteiger partial charge in [0.15, 0.2) is 5.54 Å². The summed E-state index contributed by atoms with van der Waals surface area (Å²) in [6.45, 7) is 7.98. The van der Waals surface area contributed by atoms with Crippen LogP contribution < -0.4 is 9.80 Å². The minimum absolute atomic E-state index is 0.498. The second-order valence-electron chi connectivity index (χ2n) is 9.88. The zero-order valence-electron chi connectivity index (χ0n) is 21.5. The minimum atomic E-state index is -0.498. The fourth-order valence-corrected chi connectivity index (χ4v) is 6.04. The van der Waals surface area contributed by atoms with Crippen molar-refractivity contribution in [3.63, 3.8) is 0 Å². The lowest BCUT2D eigenvalue weighted by Gasteiger charge is -2.53. The number of hydrogen-bond donors (Lipinski definition) is 1. The number of nitrogens with zero attached hydrogens (tertiary/aromatic N) is 3. The maximum atomic E-state index is 5.34. The van der Waals surface area contributed by atoms with Crippen LogP contribution in [0.25, 0.3) is 0 Å². The Morgan fingerprint density at radius 2 is 1.25 bits per heavy atom. The molecule has 1 aromatic heterocycles. The first-order valence-electron chi connectivity index (χ1n) is 13.3. The summed E-state index contributed by atoms with van der Waals surface area (Å²) in [4.78, 5) is 10.6. The topological polar surface area (TPSA) is 37.8 Å². The summed E-state index contributed by atoms with van der Waals surface area (Å²) in [6, 6.07) is 35.2. The van der Waals surface area contributed by atoms with Gasteiger partial charge in [0.05, 0.1) is 18.8 Å². The van der Waals surface area contributed by atoms with E-state index in [-0.39, 0.29) is 0 Å². The molecule has 0 aliphatic carbocycles. The van der Waals surface area contributed by atoms with Crippen LogP contribution in [0.5, 0.6) is 0 Å². The van der Waals surface area contributed by atoms with Crippen LogP contribution >= 0.6 is 0 Å². The molecular weight excluding hydrogens is 440 g/mol. The van der Waals surface area contributed by atoms with Gasteiger partial charge in [-0.2, -0.15) is 9.97 Å². The molecule has 5 rings (SSSR count). The third-order valence-electron chi connectivity index (χ3n) is 7.62. The van der Waals surface area contributed by atoms with Gasteiger partial charge in [-0.3, -0.25) is 0 Å². The third kappa shape index (κ3) is 4.25. The van der Waals surface area contributed by atoms with Crippen molar-refractivity contribution in [3.8, 4) is 0 Å². The lowest BCUT2D eigenvalue weighted by Crippen LogP contribution is -2.71. The largest absolute Gasteiger partial charge is 0.330 e. The summed E-state index contributed by atoms with van der Waals surface area (Å²) in [7, 11) is 0. The van der Waals surface area contributed by atoms with Crippen LogP contribution in [0, 0.1) is 6.92 Å². The number of hydrogen-bond acceptors (Lipinski definition) is 3. The van der Waals surface area contributed by atoms with Gasteiger partial charge in [0.2, 0.25) is 0 Å². The van der Waals surface area contributed by atoms with Gasteiger partial charge in [-0.1, -0.05) is 104 Å². The van der Waals surface area contributed by atoms with E-state index in [0.717, 1.165) is 62.8 Å². The number of nitrogens with one attached hydrogen (secondary N) is 1. The van der Waals surface area contributed by atoms with E-state index in [1.54, 1.807) is 0 Å². The Bertz CT molecular complexity index is 1150. The molecule has 1 fully saturated rings. The monoisotopic (exact) mass is 477 g/mol. The molecule has 1 N–H and O–H groups in total. The molecule has 0 unspecified atom stereocenters. The summed E-state index contributed by atoms with van der Waals surface area (Å²) in [5.41, 5.74) is 5.50. The highest BCUT2D eigenvalue weighted by molar-refractivity contribution is 5.56. The third-order valence-corrected chi connectivity index (χ3v) is 7.62. The van der Waals surface area contributed by atoms with Crippen molar-refractivity contribution in [2.24, 2.45) is 0 Å². The number of rotatable bonds is 8. The molecule has 0 radical (unpaired) electrons. The average molecular weight is 478 g/mol. The van der Waals surface area contributed by atoms with E-state index in [0.29, 0.717) is 4.48 Å². The second kappa shape index (κ2) is 10.7. The molecule has 1 saturated heterocycles. The predicted octanol–water partition coefficient (Wildman–Crippen LogP) is 6.03. The van der Waals surface area contributed by atoms with Crippen LogP contribution in [0.15, 0.2) is 97.1 Å². The first-order chi connectivity index (χ1) is 17.7. The van der Waals surface area contributed by atoms with E-state index in [1.807, 2.05) is 0 Å². The molecule has 0 atom stereocenters. The molecule has 1 aliphatic rings. The Morgan fingerprint density at radius 1 is 0.750 bits per heavy atom. The predicted molar refractivity (Wildman–Crippen MR) is 149 cm³/mol. The van der Waals surface area contributed by atoms with Crippen LogP contribution in [0.3, 0.4) is 0 Å². The quantitative estimate of drug-likeness (QED) is 0.249. The highest BCUT2D eigenvalue weighted by atomic mass is 15.5. The number of unbranched alkanes of at least 4 members (excludes halogenated alkanes) is 1. The number of quaternary nitrogens is 1. The van der Waals surface area contributed by atoms with Gasteiger partial charge in [0.25, 0.3) is 0 Å². The van der Waals surface area contributed by atoms with Crippen LogP contribution in [0.2, 0.25) is 0 Å². The molecule has 3 aromatic carbocycles. The highest BCUT2D eigenvalue weighted by Gasteiger charge is 2.58.